The molecule has 0 aliphatic heterocycles. The molecule has 0 bridgehead atoms. The first kappa shape index (κ1) is 11.5. The van der Waals surface area contributed by atoms with Crippen molar-refractivity contribution >= 4 is 0 Å². The summed E-state index contributed by atoms with van der Waals surface area (Å²) in [5.74, 6) is 1.78. The largest absolute Gasteiger partial charge is 0.493 e. The molecule has 1 aliphatic carbocycles. The molecule has 0 aromatic heterocycles. The first-order valence-electron chi connectivity index (χ1n) is 6.03. The highest BCUT2D eigenvalue weighted by Crippen LogP contribution is 2.44. The smallest absolute Gasteiger partial charge is 0.119 e. The van der Waals surface area contributed by atoms with Gasteiger partial charge in [0.15, 0.2) is 0 Å². The normalized spacial score (nSPS) is 28.6. The number of hydrogen-bond donors (Lipinski definition) is 1. The van der Waals surface area contributed by atoms with Crippen LogP contribution in [0.25, 0.3) is 0 Å². The van der Waals surface area contributed by atoms with E-state index in [1.807, 2.05) is 12.1 Å². The van der Waals surface area contributed by atoms with Crippen molar-refractivity contribution in [3.05, 3.63) is 29.8 Å². The van der Waals surface area contributed by atoms with Gasteiger partial charge in [-0.3, -0.25) is 0 Å². The Morgan fingerprint density at radius 1 is 1.44 bits per heavy atom. The van der Waals surface area contributed by atoms with E-state index in [0.717, 1.165) is 24.8 Å². The van der Waals surface area contributed by atoms with E-state index in [2.05, 4.69) is 26.0 Å². The lowest BCUT2D eigenvalue weighted by Gasteiger charge is -2.45. The summed E-state index contributed by atoms with van der Waals surface area (Å²) in [6, 6.07) is 8.20. The van der Waals surface area contributed by atoms with Crippen molar-refractivity contribution in [2.24, 2.45) is 17.1 Å². The van der Waals surface area contributed by atoms with Gasteiger partial charge < -0.3 is 10.5 Å². The minimum absolute atomic E-state index is 0.239. The Morgan fingerprint density at radius 2 is 2.19 bits per heavy atom. The predicted octanol–water partition coefficient (Wildman–Crippen LogP) is 2.75. The van der Waals surface area contributed by atoms with E-state index in [0.29, 0.717) is 0 Å². The number of nitrogens with two attached hydrogens (primary N) is 1. The van der Waals surface area contributed by atoms with Gasteiger partial charge in [-0.25, -0.2) is 0 Å². The fraction of sp³-hybridized carbons (Fsp3) is 0.571. The van der Waals surface area contributed by atoms with E-state index in [4.69, 9.17) is 10.5 Å². The number of ether oxygens (including phenoxy) is 1. The Bertz CT molecular complexity index is 356. The zero-order valence-electron chi connectivity index (χ0n) is 10.2. The van der Waals surface area contributed by atoms with Crippen molar-refractivity contribution in [3.8, 4) is 5.75 Å². The van der Waals surface area contributed by atoms with Gasteiger partial charge >= 0.3 is 0 Å². The molecule has 0 amide bonds. The quantitative estimate of drug-likeness (QED) is 0.845. The third-order valence-corrected chi connectivity index (χ3v) is 3.53. The Kier molecular flexibility index (Phi) is 3.20. The van der Waals surface area contributed by atoms with Crippen molar-refractivity contribution in [1.82, 2.24) is 0 Å². The molecule has 2 nitrogen and oxygen atoms in total. The molecule has 1 aliphatic rings. The molecule has 0 heterocycles. The van der Waals surface area contributed by atoms with Crippen molar-refractivity contribution < 1.29 is 4.74 Å². The summed E-state index contributed by atoms with van der Waals surface area (Å²) in [5, 5.41) is 0. The summed E-state index contributed by atoms with van der Waals surface area (Å²) in [7, 11) is 0. The van der Waals surface area contributed by atoms with Crippen LogP contribution in [0.5, 0.6) is 5.75 Å². The highest BCUT2D eigenvalue weighted by molar-refractivity contribution is 5.27. The van der Waals surface area contributed by atoms with Gasteiger partial charge in [-0.15, -0.1) is 0 Å². The van der Waals surface area contributed by atoms with Gasteiger partial charge in [-0.05, 0) is 43.4 Å². The molecule has 88 valence electrons. The molecule has 16 heavy (non-hydrogen) atoms. The van der Waals surface area contributed by atoms with Gasteiger partial charge in [-0.1, -0.05) is 19.1 Å². The molecular formula is C14H21NO. The van der Waals surface area contributed by atoms with Crippen LogP contribution in [0.3, 0.4) is 0 Å². The second-order valence-electron chi connectivity index (χ2n) is 5.32. The van der Waals surface area contributed by atoms with Crippen LogP contribution in [0, 0.1) is 18.3 Å². The highest BCUT2D eigenvalue weighted by Gasteiger charge is 2.41. The van der Waals surface area contributed by atoms with Crippen molar-refractivity contribution in [2.75, 3.05) is 13.2 Å². The third-order valence-electron chi connectivity index (χ3n) is 3.53. The maximum absolute atomic E-state index is 5.85. The van der Waals surface area contributed by atoms with Crippen molar-refractivity contribution in [2.45, 2.75) is 26.7 Å². The lowest BCUT2D eigenvalue weighted by molar-refractivity contribution is 0.0211. The van der Waals surface area contributed by atoms with E-state index in [9.17, 15) is 0 Å². The summed E-state index contributed by atoms with van der Waals surface area (Å²) in [6.07, 6.45) is 2.41. The lowest BCUT2D eigenvalue weighted by atomic mass is 9.63. The van der Waals surface area contributed by atoms with Crippen LogP contribution in [-0.2, 0) is 0 Å². The summed E-state index contributed by atoms with van der Waals surface area (Å²) in [5.41, 5.74) is 7.32. The zero-order valence-corrected chi connectivity index (χ0v) is 10.2. The van der Waals surface area contributed by atoms with E-state index in [-0.39, 0.29) is 5.41 Å². The van der Waals surface area contributed by atoms with Crippen LogP contribution in [0.2, 0.25) is 0 Å². The maximum Gasteiger partial charge on any atom is 0.119 e. The van der Waals surface area contributed by atoms with Crippen LogP contribution in [0.1, 0.15) is 25.3 Å². The maximum atomic E-state index is 5.85. The summed E-state index contributed by atoms with van der Waals surface area (Å²) in [4.78, 5) is 0. The molecule has 1 aromatic carbocycles. The molecule has 0 unspecified atom stereocenters. The van der Waals surface area contributed by atoms with Crippen LogP contribution >= 0.6 is 0 Å². The average Bonchev–Trinajstić information content (AvgIpc) is 2.23. The molecule has 1 aromatic rings. The monoisotopic (exact) mass is 219 g/mol. The fourth-order valence-corrected chi connectivity index (χ4v) is 2.70. The van der Waals surface area contributed by atoms with Gasteiger partial charge in [0.2, 0.25) is 0 Å². The summed E-state index contributed by atoms with van der Waals surface area (Å²) in [6.45, 7) is 5.86. The van der Waals surface area contributed by atoms with Gasteiger partial charge in [0, 0.05) is 12.0 Å². The fourth-order valence-electron chi connectivity index (χ4n) is 2.70. The molecule has 0 radical (unpaired) electrons. The predicted molar refractivity (Wildman–Crippen MR) is 66.6 cm³/mol. The highest BCUT2D eigenvalue weighted by atomic mass is 16.5. The van der Waals surface area contributed by atoms with Gasteiger partial charge in [0.25, 0.3) is 0 Å². The average molecular weight is 219 g/mol. The summed E-state index contributed by atoms with van der Waals surface area (Å²) >= 11 is 0. The van der Waals surface area contributed by atoms with Crippen LogP contribution < -0.4 is 10.5 Å². The number of aryl methyl sites for hydroxylation is 1. The Balaban J connectivity index is 1.92. The molecule has 2 heteroatoms. The second kappa shape index (κ2) is 4.46. The molecule has 1 fully saturated rings. The topological polar surface area (TPSA) is 35.2 Å². The SMILES string of the molecule is Cc1cccc(OCC2(CN)CC(C)C2)c1. The lowest BCUT2D eigenvalue weighted by Crippen LogP contribution is -2.46. The molecule has 1 saturated carbocycles. The van der Waals surface area contributed by atoms with Crippen molar-refractivity contribution in [3.63, 3.8) is 0 Å². The third kappa shape index (κ3) is 2.38. The molecule has 0 atom stereocenters. The number of hydrogen-bond acceptors (Lipinski definition) is 2. The zero-order chi connectivity index (χ0) is 11.6. The van der Waals surface area contributed by atoms with E-state index in [1.54, 1.807) is 0 Å². The molecule has 0 spiro atoms. The molecular weight excluding hydrogens is 198 g/mol. The van der Waals surface area contributed by atoms with Gasteiger partial charge in [0.05, 0.1) is 6.61 Å². The summed E-state index contributed by atoms with van der Waals surface area (Å²) < 4.78 is 5.85. The van der Waals surface area contributed by atoms with Crippen LogP contribution in [0.4, 0.5) is 0 Å². The standard InChI is InChI=1S/C14H21NO/c1-11-4-3-5-13(6-11)16-10-14(9-15)7-12(2)8-14/h3-6,12H,7-10,15H2,1-2H3. The van der Waals surface area contributed by atoms with Crippen molar-refractivity contribution in [1.29, 1.82) is 0 Å². The Morgan fingerprint density at radius 3 is 2.75 bits per heavy atom. The number of benzene rings is 1. The van der Waals surface area contributed by atoms with Crippen LogP contribution in [-0.4, -0.2) is 13.2 Å². The molecule has 2 N–H and O–H groups in total. The van der Waals surface area contributed by atoms with Gasteiger partial charge in [-0.2, -0.15) is 0 Å². The van der Waals surface area contributed by atoms with E-state index >= 15 is 0 Å². The first-order chi connectivity index (χ1) is 7.63. The first-order valence-corrected chi connectivity index (χ1v) is 6.03. The van der Waals surface area contributed by atoms with Crippen LogP contribution in [0.15, 0.2) is 24.3 Å². The Labute approximate surface area is 97.8 Å². The second-order valence-corrected chi connectivity index (χ2v) is 5.32. The minimum Gasteiger partial charge on any atom is -0.493 e. The number of rotatable bonds is 4. The van der Waals surface area contributed by atoms with Gasteiger partial charge in [0.1, 0.15) is 5.75 Å². The van der Waals surface area contributed by atoms with E-state index < -0.39 is 0 Å². The molecule has 0 saturated heterocycles. The molecule has 2 rings (SSSR count). The Hall–Kier alpha value is -1.02. The minimum atomic E-state index is 0.239. The van der Waals surface area contributed by atoms with E-state index in [1.165, 1.54) is 18.4 Å².